The number of aliphatic carboxylic acids is 2. The number of nitrogens with two attached hydrogens (primary N) is 3. The lowest BCUT2D eigenvalue weighted by Gasteiger charge is -2.24. The lowest BCUT2D eigenvalue weighted by atomic mass is 10.1. The minimum absolute atomic E-state index is 0.00391. The van der Waals surface area contributed by atoms with Crippen molar-refractivity contribution in [3.05, 3.63) is 59.7 Å². The van der Waals surface area contributed by atoms with Gasteiger partial charge in [-0.05, 0) is 49.1 Å². The molecule has 2 aromatic carbocycles. The van der Waals surface area contributed by atoms with Crippen molar-refractivity contribution in [2.24, 2.45) is 11.5 Å². The number of rotatable bonds is 9. The molecule has 1 amide bonds. The topological polar surface area (TPSA) is 197 Å². The zero-order chi connectivity index (χ0) is 30.4. The van der Waals surface area contributed by atoms with Crippen LogP contribution in [0, 0.1) is 5.41 Å². The number of carbonyl (C=O) groups excluding carboxylic acids is 1. The fraction of sp³-hybridized carbons (Fsp3) is 0.304. The van der Waals surface area contributed by atoms with E-state index in [1.807, 2.05) is 47.4 Å². The van der Waals surface area contributed by atoms with Gasteiger partial charge in [-0.2, -0.15) is 26.3 Å². The normalized spacial score (nSPS) is 10.7. The zero-order valence-corrected chi connectivity index (χ0v) is 20.2. The average molecular weight is 567 g/mol. The summed E-state index contributed by atoms with van der Waals surface area (Å²) in [6.07, 6.45) is -7.30. The number of carboxylic acid groups (broad SMARTS) is 2. The highest BCUT2D eigenvalue weighted by Gasteiger charge is 2.38. The Morgan fingerprint density at radius 3 is 1.74 bits per heavy atom. The van der Waals surface area contributed by atoms with Gasteiger partial charge < -0.3 is 32.3 Å². The quantitative estimate of drug-likeness (QED) is 0.0873. The van der Waals surface area contributed by atoms with E-state index in [9.17, 15) is 31.1 Å². The van der Waals surface area contributed by atoms with Crippen molar-refractivity contribution >= 4 is 35.1 Å². The summed E-state index contributed by atoms with van der Waals surface area (Å²) in [5, 5.41) is 21.8. The molecule has 10 nitrogen and oxygen atoms in total. The Morgan fingerprint density at radius 2 is 1.33 bits per heavy atom. The van der Waals surface area contributed by atoms with Crippen molar-refractivity contribution in [3.63, 3.8) is 0 Å². The Morgan fingerprint density at radius 1 is 0.846 bits per heavy atom. The first-order valence-corrected chi connectivity index (χ1v) is 10.8. The summed E-state index contributed by atoms with van der Waals surface area (Å²) in [6.45, 7) is 0.850. The predicted molar refractivity (Wildman–Crippen MR) is 130 cm³/mol. The molecular formula is C23H27F6N5O5. The maximum Gasteiger partial charge on any atom is 0.490 e. The van der Waals surface area contributed by atoms with E-state index in [1.54, 1.807) is 6.07 Å². The zero-order valence-electron chi connectivity index (χ0n) is 20.2. The third-order valence-electron chi connectivity index (χ3n) is 4.48. The summed E-state index contributed by atoms with van der Waals surface area (Å²) < 4.78 is 63.5. The van der Waals surface area contributed by atoms with Gasteiger partial charge in [-0.1, -0.05) is 24.3 Å². The molecule has 0 aromatic heterocycles. The number of amidine groups is 1. The molecule has 0 bridgehead atoms. The highest BCUT2D eigenvalue weighted by Crippen LogP contribution is 2.18. The van der Waals surface area contributed by atoms with Crippen LogP contribution in [0.1, 0.15) is 24.0 Å². The van der Waals surface area contributed by atoms with Gasteiger partial charge in [0, 0.05) is 23.5 Å². The van der Waals surface area contributed by atoms with E-state index >= 15 is 0 Å². The number of aryl methyl sites for hydroxylation is 1. The SMILES string of the molecule is N=C(N)c1cccc(N(CCCCc2ccc(N)cc2)CC(N)=O)c1.O=C(O)C(F)(F)F.O=C(O)C(F)(F)F. The molecule has 16 heteroatoms. The van der Waals surface area contributed by atoms with Crippen LogP contribution >= 0.6 is 0 Å². The molecule has 0 aliphatic rings. The maximum absolute atomic E-state index is 11.4. The molecule has 0 saturated heterocycles. The number of nitrogens with zero attached hydrogens (tertiary/aromatic N) is 1. The number of nitrogens with one attached hydrogen (secondary N) is 1. The third kappa shape index (κ3) is 15.4. The number of amides is 1. The van der Waals surface area contributed by atoms with Crippen LogP contribution in [0.2, 0.25) is 0 Å². The first-order chi connectivity index (χ1) is 17.8. The smallest absolute Gasteiger partial charge is 0.475 e. The van der Waals surface area contributed by atoms with E-state index in [1.165, 1.54) is 5.56 Å². The standard InChI is InChI=1S/C19H25N5O.2C2HF3O2/c20-16-9-7-14(8-10-16)4-1-2-11-24(13-18(21)25)17-6-3-5-15(12-17)19(22)23;2*3-2(4,5)1(6)7/h3,5-10,12H,1-2,4,11,13,20H2,(H2,21,25)(H3,22,23);2*(H,6,7). The van der Waals surface area contributed by atoms with Crippen LogP contribution in [0.4, 0.5) is 37.7 Å². The number of anilines is 2. The summed E-state index contributed by atoms with van der Waals surface area (Å²) in [4.78, 5) is 31.1. The highest BCUT2D eigenvalue weighted by molar-refractivity contribution is 5.96. The molecule has 0 atom stereocenters. The number of benzene rings is 2. The van der Waals surface area contributed by atoms with Gasteiger partial charge in [0.25, 0.3) is 0 Å². The van der Waals surface area contributed by atoms with Crippen LogP contribution in [-0.4, -0.2) is 59.3 Å². The second kappa shape index (κ2) is 15.7. The van der Waals surface area contributed by atoms with Crippen molar-refractivity contribution in [1.82, 2.24) is 0 Å². The number of halogens is 6. The fourth-order valence-corrected chi connectivity index (χ4v) is 2.67. The summed E-state index contributed by atoms with van der Waals surface area (Å²) in [5.74, 6) is -5.89. The van der Waals surface area contributed by atoms with Gasteiger partial charge in [0.15, 0.2) is 0 Å². The Labute approximate surface area is 218 Å². The van der Waals surface area contributed by atoms with Crippen molar-refractivity contribution in [1.29, 1.82) is 5.41 Å². The Kier molecular flexibility index (Phi) is 13.9. The fourth-order valence-electron chi connectivity index (χ4n) is 2.67. The molecule has 0 heterocycles. The number of hydrogen-bond acceptors (Lipinski definition) is 6. The summed E-state index contributed by atoms with van der Waals surface area (Å²) in [7, 11) is 0. The number of alkyl halides is 6. The van der Waals surface area contributed by atoms with Crippen molar-refractivity contribution < 1.29 is 50.9 Å². The van der Waals surface area contributed by atoms with Crippen LogP contribution < -0.4 is 22.1 Å². The lowest BCUT2D eigenvalue weighted by molar-refractivity contribution is -0.193. The van der Waals surface area contributed by atoms with Gasteiger partial charge in [-0.25, -0.2) is 9.59 Å². The second-order valence-corrected chi connectivity index (χ2v) is 7.66. The Bertz CT molecular complexity index is 1080. The number of nitrogen functional groups attached to an aromatic ring is 2. The summed E-state index contributed by atoms with van der Waals surface area (Å²) >= 11 is 0. The first-order valence-electron chi connectivity index (χ1n) is 10.8. The number of unbranched alkanes of at least 4 members (excludes halogenated alkanes) is 1. The number of hydrogen-bond donors (Lipinski definition) is 6. The molecule has 2 rings (SSSR count). The van der Waals surface area contributed by atoms with Gasteiger partial charge in [0.2, 0.25) is 5.91 Å². The lowest BCUT2D eigenvalue weighted by Crippen LogP contribution is -2.34. The number of carbonyl (C=O) groups is 3. The van der Waals surface area contributed by atoms with Gasteiger partial charge in [-0.3, -0.25) is 10.2 Å². The molecule has 2 aromatic rings. The number of carboxylic acids is 2. The van der Waals surface area contributed by atoms with Gasteiger partial charge in [0.05, 0.1) is 6.54 Å². The van der Waals surface area contributed by atoms with Crippen molar-refractivity contribution in [2.45, 2.75) is 31.6 Å². The molecule has 0 radical (unpaired) electrons. The van der Waals surface area contributed by atoms with Gasteiger partial charge in [-0.15, -0.1) is 0 Å². The molecule has 9 N–H and O–H groups in total. The molecule has 0 aliphatic carbocycles. The molecule has 0 fully saturated rings. The van der Waals surface area contributed by atoms with Crippen molar-refractivity contribution in [2.75, 3.05) is 23.7 Å². The minimum Gasteiger partial charge on any atom is -0.475 e. The molecule has 0 spiro atoms. The van der Waals surface area contributed by atoms with Gasteiger partial charge >= 0.3 is 24.3 Å². The summed E-state index contributed by atoms with van der Waals surface area (Å²) in [5.41, 5.74) is 20.1. The van der Waals surface area contributed by atoms with E-state index in [0.29, 0.717) is 12.1 Å². The summed E-state index contributed by atoms with van der Waals surface area (Å²) in [6, 6.07) is 15.2. The van der Waals surface area contributed by atoms with Crippen LogP contribution in [0.15, 0.2) is 48.5 Å². The molecule has 39 heavy (non-hydrogen) atoms. The van der Waals surface area contributed by atoms with E-state index in [-0.39, 0.29) is 18.3 Å². The van der Waals surface area contributed by atoms with E-state index < -0.39 is 24.3 Å². The molecule has 216 valence electrons. The van der Waals surface area contributed by atoms with Crippen LogP contribution in [0.5, 0.6) is 0 Å². The molecule has 0 unspecified atom stereocenters. The number of primary amides is 1. The van der Waals surface area contributed by atoms with Crippen LogP contribution in [-0.2, 0) is 20.8 Å². The second-order valence-electron chi connectivity index (χ2n) is 7.66. The third-order valence-corrected chi connectivity index (χ3v) is 4.48. The molecule has 0 aliphatic heterocycles. The van der Waals surface area contributed by atoms with Crippen LogP contribution in [0.3, 0.4) is 0 Å². The first kappa shape index (κ1) is 34.5. The Balaban J connectivity index is 0.000000848. The molecular weight excluding hydrogens is 540 g/mol. The van der Waals surface area contributed by atoms with E-state index in [0.717, 1.165) is 30.6 Å². The molecule has 0 saturated carbocycles. The van der Waals surface area contributed by atoms with E-state index in [2.05, 4.69) is 0 Å². The largest absolute Gasteiger partial charge is 0.490 e. The monoisotopic (exact) mass is 567 g/mol. The van der Waals surface area contributed by atoms with E-state index in [4.69, 9.17) is 42.4 Å². The van der Waals surface area contributed by atoms with Gasteiger partial charge in [0.1, 0.15) is 5.84 Å². The predicted octanol–water partition coefficient (Wildman–Crippen LogP) is 3.13. The maximum atomic E-state index is 11.4. The highest BCUT2D eigenvalue weighted by atomic mass is 19.4. The minimum atomic E-state index is -5.08. The average Bonchev–Trinajstić information content (AvgIpc) is 2.81. The van der Waals surface area contributed by atoms with Crippen molar-refractivity contribution in [3.8, 4) is 0 Å². The van der Waals surface area contributed by atoms with Crippen LogP contribution in [0.25, 0.3) is 0 Å². The Hall–Kier alpha value is -4.50.